The van der Waals surface area contributed by atoms with Crippen LogP contribution in [0.15, 0.2) is 78.2 Å². The van der Waals surface area contributed by atoms with Gasteiger partial charge in [0.1, 0.15) is 5.69 Å². The Morgan fingerprint density at radius 2 is 1.59 bits per heavy atom. The fourth-order valence-electron chi connectivity index (χ4n) is 6.11. The number of nitrogens with one attached hydrogen (secondary N) is 1. The number of rotatable bonds is 5. The monoisotopic (exact) mass is 511 g/mol. The van der Waals surface area contributed by atoms with E-state index in [1.807, 2.05) is 71.6 Å². The number of amides is 2. The highest BCUT2D eigenvalue weighted by Gasteiger charge is 2.52. The number of hydrogen-bond acceptors (Lipinski definition) is 3. The Hall–Kier alpha value is -3.38. The summed E-state index contributed by atoms with van der Waals surface area (Å²) in [5.74, 6) is -0.175. The van der Waals surface area contributed by atoms with Gasteiger partial charge >= 0.3 is 0 Å². The molecule has 190 valence electrons. The molecule has 1 aliphatic heterocycles. The standard InChI is InChI=1S/C31H33N3O2S/c35-29-27-20-28-26(18-19-37-28)33(27)22-31(24-14-8-5-9-15-24,34(29)21-23-12-6-4-7-13-23)30(36)32-25-16-10-2-1-3-11-17-25/h4-9,12-15,18-20,25H,1-3,10-11,16-17,21-22H2,(H,32,36)/t31-/m1/s1. The smallest absolute Gasteiger partial charge is 0.272 e. The Kier molecular flexibility index (Phi) is 6.59. The lowest BCUT2D eigenvalue weighted by Crippen LogP contribution is -2.64. The SMILES string of the molecule is O=C1c2cc3sccc3n2C[C@](C(=O)NC2CCCCCCC2)(c2ccccc2)N1Cc1ccccc1. The Bertz CT molecular complexity index is 1390. The third-order valence-electron chi connectivity index (χ3n) is 8.09. The predicted molar refractivity (Wildman–Crippen MR) is 149 cm³/mol. The number of carbonyl (C=O) groups excluding carboxylic acids is 2. The van der Waals surface area contributed by atoms with Crippen LogP contribution in [0.5, 0.6) is 0 Å². The number of aromatic nitrogens is 1. The number of thiophene rings is 1. The molecule has 4 aromatic rings. The van der Waals surface area contributed by atoms with Crippen LogP contribution in [0.3, 0.4) is 0 Å². The maximum absolute atomic E-state index is 14.6. The first-order valence-corrected chi connectivity index (χ1v) is 14.3. The van der Waals surface area contributed by atoms with Crippen molar-refractivity contribution >= 4 is 33.4 Å². The van der Waals surface area contributed by atoms with Crippen molar-refractivity contribution in [1.82, 2.24) is 14.8 Å². The minimum absolute atomic E-state index is 0.0729. The lowest BCUT2D eigenvalue weighted by molar-refractivity contribution is -0.136. The summed E-state index contributed by atoms with van der Waals surface area (Å²) >= 11 is 1.63. The molecular formula is C31H33N3O2S. The van der Waals surface area contributed by atoms with Gasteiger partial charge in [-0.15, -0.1) is 11.3 Å². The topological polar surface area (TPSA) is 54.3 Å². The molecule has 0 spiro atoms. The van der Waals surface area contributed by atoms with Gasteiger partial charge in [0.05, 0.1) is 16.8 Å². The van der Waals surface area contributed by atoms with Crippen LogP contribution in [0.25, 0.3) is 10.2 Å². The van der Waals surface area contributed by atoms with E-state index in [9.17, 15) is 9.59 Å². The minimum atomic E-state index is -1.16. The molecule has 3 heterocycles. The molecule has 2 aliphatic rings. The van der Waals surface area contributed by atoms with E-state index in [1.165, 1.54) is 19.3 Å². The van der Waals surface area contributed by atoms with Gasteiger partial charge in [0.15, 0.2) is 5.54 Å². The van der Waals surface area contributed by atoms with Gasteiger partial charge in [-0.3, -0.25) is 9.59 Å². The third kappa shape index (κ3) is 4.37. The average molecular weight is 512 g/mol. The number of carbonyl (C=O) groups is 2. The van der Waals surface area contributed by atoms with Gasteiger partial charge < -0.3 is 14.8 Å². The van der Waals surface area contributed by atoms with Crippen molar-refractivity contribution in [2.75, 3.05) is 0 Å². The lowest BCUT2D eigenvalue weighted by Gasteiger charge is -2.47. The molecule has 6 heteroatoms. The Morgan fingerprint density at radius 1 is 0.919 bits per heavy atom. The molecule has 1 fully saturated rings. The van der Waals surface area contributed by atoms with Gasteiger partial charge in [0, 0.05) is 12.6 Å². The third-order valence-corrected chi connectivity index (χ3v) is 8.94. The Labute approximate surface area is 222 Å². The highest BCUT2D eigenvalue weighted by atomic mass is 32.1. The van der Waals surface area contributed by atoms with Gasteiger partial charge in [-0.2, -0.15) is 0 Å². The summed E-state index contributed by atoms with van der Waals surface area (Å²) in [6.07, 6.45) is 7.97. The van der Waals surface area contributed by atoms with Crippen molar-refractivity contribution in [3.8, 4) is 0 Å². The number of benzene rings is 2. The summed E-state index contributed by atoms with van der Waals surface area (Å²) in [5.41, 5.74) is 2.38. The van der Waals surface area contributed by atoms with E-state index in [-0.39, 0.29) is 17.9 Å². The zero-order valence-electron chi connectivity index (χ0n) is 21.1. The van der Waals surface area contributed by atoms with Crippen LogP contribution in [-0.4, -0.2) is 27.3 Å². The van der Waals surface area contributed by atoms with E-state index in [0.717, 1.165) is 47.0 Å². The number of fused-ring (bicyclic) bond motifs is 3. The molecule has 0 bridgehead atoms. The van der Waals surface area contributed by atoms with Gasteiger partial charge in [-0.1, -0.05) is 92.8 Å². The predicted octanol–water partition coefficient (Wildman–Crippen LogP) is 6.48. The highest BCUT2D eigenvalue weighted by Crippen LogP contribution is 2.41. The summed E-state index contributed by atoms with van der Waals surface area (Å²) in [7, 11) is 0. The quantitative estimate of drug-likeness (QED) is 0.333. The maximum atomic E-state index is 14.6. The average Bonchev–Trinajstić information content (AvgIpc) is 3.50. The van der Waals surface area contributed by atoms with E-state index in [2.05, 4.69) is 21.3 Å². The molecular weight excluding hydrogens is 478 g/mol. The van der Waals surface area contributed by atoms with Crippen LogP contribution in [0.4, 0.5) is 0 Å². The molecule has 37 heavy (non-hydrogen) atoms. The lowest BCUT2D eigenvalue weighted by atomic mass is 9.83. The van der Waals surface area contributed by atoms with Crippen LogP contribution >= 0.6 is 11.3 Å². The van der Waals surface area contributed by atoms with Crippen molar-refractivity contribution in [1.29, 1.82) is 0 Å². The molecule has 1 aliphatic carbocycles. The second-order valence-corrected chi connectivity index (χ2v) is 11.4. The van der Waals surface area contributed by atoms with Crippen LogP contribution in [0, 0.1) is 0 Å². The molecule has 6 rings (SSSR count). The molecule has 2 aromatic heterocycles. The van der Waals surface area contributed by atoms with Gasteiger partial charge in [-0.05, 0) is 41.5 Å². The van der Waals surface area contributed by atoms with E-state index in [0.29, 0.717) is 18.8 Å². The second-order valence-electron chi connectivity index (χ2n) is 10.4. The molecule has 5 nitrogen and oxygen atoms in total. The van der Waals surface area contributed by atoms with Crippen LogP contribution in [0.1, 0.15) is 66.6 Å². The molecule has 0 unspecified atom stereocenters. The molecule has 2 aromatic carbocycles. The first-order valence-electron chi connectivity index (χ1n) is 13.5. The highest BCUT2D eigenvalue weighted by molar-refractivity contribution is 7.17. The van der Waals surface area contributed by atoms with Crippen molar-refractivity contribution in [3.63, 3.8) is 0 Å². The first kappa shape index (κ1) is 24.0. The molecule has 1 N–H and O–H groups in total. The summed E-state index contributed by atoms with van der Waals surface area (Å²) < 4.78 is 3.15. The molecule has 0 saturated heterocycles. The van der Waals surface area contributed by atoms with Crippen LogP contribution < -0.4 is 5.32 Å². The van der Waals surface area contributed by atoms with Crippen LogP contribution in [-0.2, 0) is 23.4 Å². The van der Waals surface area contributed by atoms with Gasteiger partial charge in [-0.25, -0.2) is 0 Å². The maximum Gasteiger partial charge on any atom is 0.272 e. The summed E-state index contributed by atoms with van der Waals surface area (Å²) in [4.78, 5) is 30.8. The molecule has 2 amide bonds. The van der Waals surface area contributed by atoms with Crippen molar-refractivity contribution in [2.24, 2.45) is 0 Å². The van der Waals surface area contributed by atoms with Crippen LogP contribution in [0.2, 0.25) is 0 Å². The summed E-state index contributed by atoms with van der Waals surface area (Å²) in [6.45, 7) is 0.759. The molecule has 0 radical (unpaired) electrons. The minimum Gasteiger partial charge on any atom is -0.351 e. The second kappa shape index (κ2) is 10.2. The fraction of sp³-hybridized carbons (Fsp3) is 0.355. The fourth-order valence-corrected chi connectivity index (χ4v) is 6.94. The van der Waals surface area contributed by atoms with E-state index >= 15 is 0 Å². The Morgan fingerprint density at radius 3 is 2.32 bits per heavy atom. The van der Waals surface area contributed by atoms with E-state index in [1.54, 1.807) is 11.3 Å². The van der Waals surface area contributed by atoms with Gasteiger partial charge in [0.25, 0.3) is 11.8 Å². The largest absolute Gasteiger partial charge is 0.351 e. The zero-order chi connectivity index (χ0) is 25.2. The summed E-state index contributed by atoms with van der Waals surface area (Å²) in [6, 6.07) is 24.1. The van der Waals surface area contributed by atoms with Crippen molar-refractivity contribution in [2.45, 2.75) is 69.6 Å². The number of hydrogen-bond donors (Lipinski definition) is 1. The van der Waals surface area contributed by atoms with Gasteiger partial charge in [0.2, 0.25) is 0 Å². The zero-order valence-corrected chi connectivity index (χ0v) is 21.9. The van der Waals surface area contributed by atoms with E-state index < -0.39 is 5.54 Å². The summed E-state index contributed by atoms with van der Waals surface area (Å²) in [5, 5.41) is 5.51. The Balaban J connectivity index is 1.49. The molecule has 1 saturated carbocycles. The van der Waals surface area contributed by atoms with Crippen molar-refractivity contribution in [3.05, 3.63) is 95.0 Å². The van der Waals surface area contributed by atoms with E-state index in [4.69, 9.17) is 0 Å². The first-order chi connectivity index (χ1) is 18.2. The number of nitrogens with zero attached hydrogens (tertiary/aromatic N) is 2. The molecule has 1 atom stereocenters. The normalized spacial score (nSPS) is 20.9. The van der Waals surface area contributed by atoms with Crippen molar-refractivity contribution < 1.29 is 9.59 Å².